The molecule has 0 amide bonds. The summed E-state index contributed by atoms with van der Waals surface area (Å²) in [5, 5.41) is 3.86. The van der Waals surface area contributed by atoms with E-state index >= 15 is 0 Å². The van der Waals surface area contributed by atoms with E-state index in [2.05, 4.69) is 70.9 Å². The molecule has 4 atom stereocenters. The highest BCUT2D eigenvalue weighted by atomic mass is 16.5. The average Bonchev–Trinajstić information content (AvgIpc) is 3.07. The van der Waals surface area contributed by atoms with E-state index in [4.69, 9.17) is 4.74 Å². The number of ether oxygens (including phenoxy) is 1. The Kier molecular flexibility index (Phi) is 4.76. The standard InChI is InChI=1S/C24H30N2O/c1-3-7-19(8-4-1)21-15-24(26-11-13-27-14-12-26)16-22(23(21)17-25-18-24)20-9-5-2-6-10-20/h1-10,21-23,25H,11-18H2/t21-,22+,23?,24?. The van der Waals surface area contributed by atoms with Crippen LogP contribution < -0.4 is 5.32 Å². The summed E-state index contributed by atoms with van der Waals surface area (Å²) in [5.41, 5.74) is 3.27. The van der Waals surface area contributed by atoms with Crippen LogP contribution in [0, 0.1) is 5.92 Å². The Morgan fingerprint density at radius 2 is 1.37 bits per heavy atom. The Bertz CT molecular complexity index is 692. The zero-order valence-corrected chi connectivity index (χ0v) is 16.0. The van der Waals surface area contributed by atoms with Gasteiger partial charge in [0.05, 0.1) is 13.2 Å². The van der Waals surface area contributed by atoms with Gasteiger partial charge in [0.2, 0.25) is 0 Å². The van der Waals surface area contributed by atoms with Crippen LogP contribution in [0.5, 0.6) is 0 Å². The number of nitrogens with zero attached hydrogens (tertiary/aromatic N) is 1. The molecule has 4 fully saturated rings. The summed E-state index contributed by atoms with van der Waals surface area (Å²) in [5.74, 6) is 1.89. The van der Waals surface area contributed by atoms with Crippen LogP contribution in [0.15, 0.2) is 60.7 Å². The highest BCUT2D eigenvalue weighted by Gasteiger charge is 2.51. The van der Waals surface area contributed by atoms with Crippen molar-refractivity contribution in [3.8, 4) is 0 Å². The van der Waals surface area contributed by atoms with Crippen molar-refractivity contribution in [2.45, 2.75) is 30.2 Å². The van der Waals surface area contributed by atoms with Crippen molar-refractivity contribution < 1.29 is 4.74 Å². The summed E-state index contributed by atoms with van der Waals surface area (Å²) in [7, 11) is 0. The predicted molar refractivity (Wildman–Crippen MR) is 109 cm³/mol. The van der Waals surface area contributed by atoms with Gasteiger partial charge in [-0.3, -0.25) is 4.90 Å². The first-order chi connectivity index (χ1) is 13.4. The fraction of sp³-hybridized carbons (Fsp3) is 0.500. The van der Waals surface area contributed by atoms with E-state index in [0.717, 1.165) is 39.4 Å². The van der Waals surface area contributed by atoms with Gasteiger partial charge in [-0.05, 0) is 48.3 Å². The van der Waals surface area contributed by atoms with Crippen LogP contribution in [0.3, 0.4) is 0 Å². The van der Waals surface area contributed by atoms with E-state index in [-0.39, 0.29) is 5.54 Å². The zero-order valence-electron chi connectivity index (χ0n) is 16.0. The largest absolute Gasteiger partial charge is 0.379 e. The molecule has 3 heteroatoms. The first-order valence-electron chi connectivity index (χ1n) is 10.5. The van der Waals surface area contributed by atoms with Crippen LogP contribution in [0.25, 0.3) is 0 Å². The van der Waals surface area contributed by atoms with Gasteiger partial charge in [0.25, 0.3) is 0 Å². The number of benzene rings is 2. The van der Waals surface area contributed by atoms with E-state index in [1.165, 1.54) is 24.0 Å². The molecule has 2 bridgehead atoms. The second-order valence-corrected chi connectivity index (χ2v) is 8.56. The average molecular weight is 363 g/mol. The van der Waals surface area contributed by atoms with Crippen LogP contribution in [0.1, 0.15) is 35.8 Å². The van der Waals surface area contributed by atoms with Gasteiger partial charge in [-0.1, -0.05) is 60.7 Å². The van der Waals surface area contributed by atoms with Gasteiger partial charge in [0, 0.05) is 25.2 Å². The third-order valence-electron chi connectivity index (χ3n) is 7.20. The summed E-state index contributed by atoms with van der Waals surface area (Å²) in [6, 6.07) is 22.5. The molecule has 0 spiro atoms. The van der Waals surface area contributed by atoms with Crippen LogP contribution >= 0.6 is 0 Å². The molecule has 0 radical (unpaired) electrons. The van der Waals surface area contributed by atoms with Crippen molar-refractivity contribution in [3.05, 3.63) is 71.8 Å². The van der Waals surface area contributed by atoms with Crippen LogP contribution in [-0.4, -0.2) is 49.8 Å². The molecule has 3 saturated heterocycles. The quantitative estimate of drug-likeness (QED) is 0.902. The number of nitrogens with one attached hydrogen (secondary N) is 1. The van der Waals surface area contributed by atoms with E-state index in [1.807, 2.05) is 0 Å². The fourth-order valence-corrected chi connectivity index (χ4v) is 5.92. The molecule has 3 heterocycles. The van der Waals surface area contributed by atoms with Gasteiger partial charge in [0.15, 0.2) is 0 Å². The molecule has 1 aliphatic carbocycles. The van der Waals surface area contributed by atoms with Crippen molar-refractivity contribution in [3.63, 3.8) is 0 Å². The fourth-order valence-electron chi connectivity index (χ4n) is 5.92. The molecule has 1 saturated carbocycles. The van der Waals surface area contributed by atoms with Gasteiger partial charge in [-0.15, -0.1) is 0 Å². The smallest absolute Gasteiger partial charge is 0.0594 e. The highest BCUT2D eigenvalue weighted by molar-refractivity contribution is 5.31. The summed E-state index contributed by atoms with van der Waals surface area (Å²) in [4.78, 5) is 2.75. The lowest BCUT2D eigenvalue weighted by Gasteiger charge is -2.52. The minimum atomic E-state index is 0.234. The Morgan fingerprint density at radius 1 is 0.815 bits per heavy atom. The first kappa shape index (κ1) is 17.4. The van der Waals surface area contributed by atoms with E-state index in [9.17, 15) is 0 Å². The van der Waals surface area contributed by atoms with E-state index in [0.29, 0.717) is 17.8 Å². The molecule has 4 aliphatic rings. The maximum Gasteiger partial charge on any atom is 0.0594 e. The molecule has 0 aromatic heterocycles. The number of morpholine rings is 1. The molecular weight excluding hydrogens is 332 g/mol. The minimum Gasteiger partial charge on any atom is -0.379 e. The molecule has 142 valence electrons. The predicted octanol–water partition coefficient (Wildman–Crippen LogP) is 3.64. The third kappa shape index (κ3) is 3.22. The second kappa shape index (κ2) is 7.38. The van der Waals surface area contributed by atoms with Crippen LogP contribution in [0.2, 0.25) is 0 Å². The van der Waals surface area contributed by atoms with Gasteiger partial charge in [0.1, 0.15) is 0 Å². The summed E-state index contributed by atoms with van der Waals surface area (Å²) < 4.78 is 5.68. The Morgan fingerprint density at radius 3 is 1.93 bits per heavy atom. The summed E-state index contributed by atoms with van der Waals surface area (Å²) in [6.45, 7) is 6.10. The van der Waals surface area contributed by atoms with Gasteiger partial charge < -0.3 is 10.1 Å². The maximum atomic E-state index is 5.68. The summed E-state index contributed by atoms with van der Waals surface area (Å²) >= 11 is 0. The van der Waals surface area contributed by atoms with Crippen molar-refractivity contribution in [1.29, 1.82) is 0 Å². The minimum absolute atomic E-state index is 0.234. The lowest BCUT2D eigenvalue weighted by Crippen LogP contribution is -2.59. The molecule has 2 aromatic rings. The highest BCUT2D eigenvalue weighted by Crippen LogP contribution is 2.53. The summed E-state index contributed by atoms with van der Waals surface area (Å²) in [6.07, 6.45) is 2.52. The maximum absolute atomic E-state index is 5.68. The van der Waals surface area contributed by atoms with Gasteiger partial charge in [-0.25, -0.2) is 0 Å². The first-order valence-corrected chi connectivity index (χ1v) is 10.5. The molecule has 2 unspecified atom stereocenters. The Hall–Kier alpha value is -1.68. The Labute approximate surface area is 162 Å². The van der Waals surface area contributed by atoms with Crippen molar-refractivity contribution in [2.75, 3.05) is 39.4 Å². The van der Waals surface area contributed by atoms with Crippen molar-refractivity contribution in [2.24, 2.45) is 5.92 Å². The van der Waals surface area contributed by atoms with Crippen LogP contribution in [-0.2, 0) is 4.74 Å². The number of rotatable bonds is 3. The number of hydrogen-bond donors (Lipinski definition) is 1. The second-order valence-electron chi connectivity index (χ2n) is 8.56. The molecule has 1 N–H and O–H groups in total. The topological polar surface area (TPSA) is 24.5 Å². The van der Waals surface area contributed by atoms with E-state index in [1.54, 1.807) is 0 Å². The monoisotopic (exact) mass is 362 g/mol. The SMILES string of the molecule is c1ccc([C@H]2CC3(N4CCOCC4)CNCC2[C@H](c2ccccc2)C3)cc1. The normalized spacial score (nSPS) is 34.3. The number of fused-ring (bicyclic) bond motifs is 4. The third-order valence-corrected chi connectivity index (χ3v) is 7.20. The van der Waals surface area contributed by atoms with Crippen LogP contribution in [0.4, 0.5) is 0 Å². The molecule has 27 heavy (non-hydrogen) atoms. The number of hydrogen-bond acceptors (Lipinski definition) is 3. The molecule has 3 nitrogen and oxygen atoms in total. The molecule has 3 aliphatic heterocycles. The lowest BCUT2D eigenvalue weighted by molar-refractivity contribution is -0.0420. The Balaban J connectivity index is 1.57. The van der Waals surface area contributed by atoms with Crippen molar-refractivity contribution >= 4 is 0 Å². The lowest BCUT2D eigenvalue weighted by atomic mass is 9.61. The zero-order chi connectivity index (χ0) is 18.1. The molecule has 6 rings (SSSR count). The van der Waals surface area contributed by atoms with Gasteiger partial charge in [-0.2, -0.15) is 0 Å². The van der Waals surface area contributed by atoms with Gasteiger partial charge >= 0.3 is 0 Å². The molecule has 2 aromatic carbocycles. The van der Waals surface area contributed by atoms with Crippen molar-refractivity contribution in [1.82, 2.24) is 10.2 Å². The van der Waals surface area contributed by atoms with E-state index < -0.39 is 0 Å². The molecular formula is C24H30N2O.